The van der Waals surface area contributed by atoms with Crippen molar-refractivity contribution in [1.29, 1.82) is 0 Å². The maximum absolute atomic E-state index is 12.7. The van der Waals surface area contributed by atoms with Gasteiger partial charge in [0.05, 0.1) is 0 Å². The molecular formula is C20H24ClN3O2. The molecule has 2 amide bonds. The topological polar surface area (TPSA) is 62.3 Å². The maximum atomic E-state index is 12.7. The Morgan fingerprint density at radius 2 is 1.73 bits per heavy atom. The number of aromatic nitrogens is 1. The van der Waals surface area contributed by atoms with Gasteiger partial charge >= 0.3 is 0 Å². The molecule has 0 radical (unpaired) electrons. The molecule has 1 heterocycles. The zero-order valence-electron chi connectivity index (χ0n) is 15.2. The van der Waals surface area contributed by atoms with Gasteiger partial charge in [0.2, 0.25) is 0 Å². The Bertz CT molecular complexity index is 741. The highest BCUT2D eigenvalue weighted by Crippen LogP contribution is 2.10. The van der Waals surface area contributed by atoms with Crippen molar-refractivity contribution >= 4 is 23.4 Å². The Kier molecular flexibility index (Phi) is 7.60. The number of hydrogen-bond donors (Lipinski definition) is 1. The van der Waals surface area contributed by atoms with Crippen molar-refractivity contribution in [2.24, 2.45) is 0 Å². The summed E-state index contributed by atoms with van der Waals surface area (Å²) in [6.45, 7) is 5.85. The van der Waals surface area contributed by atoms with Crippen molar-refractivity contribution in [1.82, 2.24) is 15.2 Å². The van der Waals surface area contributed by atoms with Crippen molar-refractivity contribution in [3.05, 3.63) is 64.4 Å². The number of nitrogens with zero attached hydrogens (tertiary/aromatic N) is 2. The van der Waals surface area contributed by atoms with Gasteiger partial charge in [-0.15, -0.1) is 0 Å². The lowest BCUT2D eigenvalue weighted by Gasteiger charge is -2.21. The summed E-state index contributed by atoms with van der Waals surface area (Å²) < 4.78 is 0. The molecule has 0 saturated heterocycles. The predicted molar refractivity (Wildman–Crippen MR) is 103 cm³/mol. The van der Waals surface area contributed by atoms with Crippen LogP contribution in [0.4, 0.5) is 0 Å². The summed E-state index contributed by atoms with van der Waals surface area (Å²) in [6, 6.07) is 10.5. The minimum Gasteiger partial charge on any atom is -0.347 e. The van der Waals surface area contributed by atoms with Crippen LogP contribution in [0.1, 0.15) is 53.1 Å². The Hall–Kier alpha value is -2.40. The average Bonchev–Trinajstić information content (AvgIpc) is 2.66. The van der Waals surface area contributed by atoms with E-state index in [9.17, 15) is 9.59 Å². The third-order valence-electron chi connectivity index (χ3n) is 3.88. The highest BCUT2D eigenvalue weighted by atomic mass is 35.5. The van der Waals surface area contributed by atoms with Gasteiger partial charge in [0.25, 0.3) is 11.8 Å². The third-order valence-corrected chi connectivity index (χ3v) is 4.13. The molecule has 0 aliphatic rings. The van der Waals surface area contributed by atoms with Gasteiger partial charge in [-0.3, -0.25) is 14.6 Å². The van der Waals surface area contributed by atoms with E-state index in [1.807, 2.05) is 30.9 Å². The molecule has 0 fully saturated rings. The minimum absolute atomic E-state index is 0.0668. The van der Waals surface area contributed by atoms with Gasteiger partial charge in [-0.05, 0) is 42.7 Å². The van der Waals surface area contributed by atoms with E-state index in [1.165, 1.54) is 6.20 Å². The fourth-order valence-electron chi connectivity index (χ4n) is 2.60. The normalized spacial score (nSPS) is 10.4. The van der Waals surface area contributed by atoms with E-state index in [0.717, 1.165) is 18.4 Å². The maximum Gasteiger partial charge on any atom is 0.270 e. The highest BCUT2D eigenvalue weighted by Gasteiger charge is 2.16. The molecular weight excluding hydrogens is 350 g/mol. The van der Waals surface area contributed by atoms with Crippen LogP contribution >= 0.6 is 11.6 Å². The number of benzene rings is 1. The second kappa shape index (κ2) is 9.92. The van der Waals surface area contributed by atoms with E-state index in [2.05, 4.69) is 10.3 Å². The van der Waals surface area contributed by atoms with Gasteiger partial charge in [-0.1, -0.05) is 37.6 Å². The summed E-state index contributed by atoms with van der Waals surface area (Å²) in [5.41, 5.74) is 1.66. The van der Waals surface area contributed by atoms with E-state index < -0.39 is 0 Å². The predicted octanol–water partition coefficient (Wildman–Crippen LogP) is 3.93. The van der Waals surface area contributed by atoms with Crippen LogP contribution in [0.5, 0.6) is 0 Å². The lowest BCUT2D eigenvalue weighted by atomic mass is 10.1. The van der Waals surface area contributed by atoms with Gasteiger partial charge in [0, 0.05) is 36.4 Å². The van der Waals surface area contributed by atoms with Gasteiger partial charge in [0.15, 0.2) is 0 Å². The summed E-state index contributed by atoms with van der Waals surface area (Å²) in [6.07, 6.45) is 3.29. The monoisotopic (exact) mass is 373 g/mol. The Balaban J connectivity index is 2.05. The Morgan fingerprint density at radius 1 is 1.08 bits per heavy atom. The molecule has 5 nitrogen and oxygen atoms in total. The van der Waals surface area contributed by atoms with Crippen molar-refractivity contribution in [2.75, 3.05) is 13.1 Å². The molecule has 0 unspecified atom stereocenters. The second-order valence-electron chi connectivity index (χ2n) is 6.03. The Morgan fingerprint density at radius 3 is 2.35 bits per heavy atom. The van der Waals surface area contributed by atoms with Crippen molar-refractivity contribution < 1.29 is 9.59 Å². The van der Waals surface area contributed by atoms with Crippen LogP contribution in [0.15, 0.2) is 42.6 Å². The summed E-state index contributed by atoms with van der Waals surface area (Å²) in [5.74, 6) is -0.380. The molecule has 6 heteroatoms. The average molecular weight is 374 g/mol. The standard InChI is InChI=1S/C20H24ClN3O2/c1-3-11-24(12-4-2)20(26)16-9-10-22-18(13-16)19(25)23-14-15-5-7-17(21)8-6-15/h5-10,13H,3-4,11-12,14H2,1-2H3,(H,23,25). The summed E-state index contributed by atoms with van der Waals surface area (Å²) in [7, 11) is 0. The number of pyridine rings is 1. The first-order valence-corrected chi connectivity index (χ1v) is 9.21. The number of amides is 2. The quantitative estimate of drug-likeness (QED) is 0.762. The molecule has 0 saturated carbocycles. The van der Waals surface area contributed by atoms with Crippen LogP contribution < -0.4 is 5.32 Å². The number of halogens is 1. The second-order valence-corrected chi connectivity index (χ2v) is 6.47. The Labute approximate surface area is 159 Å². The first-order valence-electron chi connectivity index (χ1n) is 8.83. The van der Waals surface area contributed by atoms with Crippen molar-refractivity contribution in [2.45, 2.75) is 33.2 Å². The van der Waals surface area contributed by atoms with Crippen molar-refractivity contribution in [3.8, 4) is 0 Å². The fourth-order valence-corrected chi connectivity index (χ4v) is 2.73. The van der Waals surface area contributed by atoms with Gasteiger partial charge < -0.3 is 10.2 Å². The zero-order valence-corrected chi connectivity index (χ0v) is 15.9. The summed E-state index contributed by atoms with van der Waals surface area (Å²) >= 11 is 5.85. The van der Waals surface area contributed by atoms with Gasteiger partial charge in [-0.25, -0.2) is 0 Å². The summed E-state index contributed by atoms with van der Waals surface area (Å²) in [5, 5.41) is 3.46. The SMILES string of the molecule is CCCN(CCC)C(=O)c1ccnc(C(=O)NCc2ccc(Cl)cc2)c1. The van der Waals surface area contributed by atoms with E-state index in [1.54, 1.807) is 24.3 Å². The molecule has 0 spiro atoms. The van der Waals surface area contributed by atoms with Gasteiger partial charge in [-0.2, -0.15) is 0 Å². The molecule has 0 aliphatic heterocycles. The van der Waals surface area contributed by atoms with Crippen LogP contribution in [0.2, 0.25) is 5.02 Å². The largest absolute Gasteiger partial charge is 0.347 e. The number of nitrogens with one attached hydrogen (secondary N) is 1. The smallest absolute Gasteiger partial charge is 0.270 e. The minimum atomic E-state index is -0.313. The zero-order chi connectivity index (χ0) is 18.9. The number of carbonyl (C=O) groups excluding carboxylic acids is 2. The molecule has 1 aromatic carbocycles. The van der Waals surface area contributed by atoms with E-state index in [0.29, 0.717) is 30.2 Å². The van der Waals surface area contributed by atoms with Crippen LogP contribution in [0.3, 0.4) is 0 Å². The molecule has 138 valence electrons. The number of rotatable bonds is 8. The van der Waals surface area contributed by atoms with E-state index in [4.69, 9.17) is 11.6 Å². The lowest BCUT2D eigenvalue weighted by Crippen LogP contribution is -2.33. The van der Waals surface area contributed by atoms with E-state index >= 15 is 0 Å². The van der Waals surface area contributed by atoms with Gasteiger partial charge in [0.1, 0.15) is 5.69 Å². The highest BCUT2D eigenvalue weighted by molar-refractivity contribution is 6.30. The molecule has 0 bridgehead atoms. The first-order chi connectivity index (χ1) is 12.5. The van der Waals surface area contributed by atoms with Crippen LogP contribution in [0, 0.1) is 0 Å². The number of hydrogen-bond acceptors (Lipinski definition) is 3. The van der Waals surface area contributed by atoms with E-state index in [-0.39, 0.29) is 17.5 Å². The molecule has 26 heavy (non-hydrogen) atoms. The molecule has 0 atom stereocenters. The molecule has 1 N–H and O–H groups in total. The van der Waals surface area contributed by atoms with Crippen LogP contribution in [0.25, 0.3) is 0 Å². The van der Waals surface area contributed by atoms with Crippen LogP contribution in [-0.2, 0) is 6.54 Å². The molecule has 1 aromatic heterocycles. The summed E-state index contributed by atoms with van der Waals surface area (Å²) in [4.78, 5) is 30.9. The molecule has 2 aromatic rings. The lowest BCUT2D eigenvalue weighted by molar-refractivity contribution is 0.0755. The first kappa shape index (κ1) is 19.9. The molecule has 2 rings (SSSR count). The molecule has 0 aliphatic carbocycles. The van der Waals surface area contributed by atoms with Crippen LogP contribution in [-0.4, -0.2) is 34.8 Å². The van der Waals surface area contributed by atoms with Crippen molar-refractivity contribution in [3.63, 3.8) is 0 Å². The number of carbonyl (C=O) groups is 2. The fraction of sp³-hybridized carbons (Fsp3) is 0.350. The third kappa shape index (κ3) is 5.56.